The Balaban J connectivity index is 2.26. The number of rotatable bonds is 4. The molecule has 0 aliphatic rings. The zero-order chi connectivity index (χ0) is 14.5. The molecule has 1 aromatic heterocycles. The van der Waals surface area contributed by atoms with Crippen LogP contribution in [0, 0.1) is 0 Å². The number of hydrogen-bond donors (Lipinski definition) is 0. The van der Waals surface area contributed by atoms with Crippen molar-refractivity contribution in [1.29, 1.82) is 0 Å². The maximum absolute atomic E-state index is 12.0. The molecule has 0 N–H and O–H groups in total. The number of benzene rings is 1. The molecule has 0 saturated heterocycles. The van der Waals surface area contributed by atoms with Crippen molar-refractivity contribution in [2.75, 3.05) is 0 Å². The van der Waals surface area contributed by atoms with E-state index in [2.05, 4.69) is 5.10 Å². The Bertz CT molecular complexity index is 676. The summed E-state index contributed by atoms with van der Waals surface area (Å²) in [4.78, 5) is 11.6. The van der Waals surface area contributed by atoms with E-state index in [1.54, 1.807) is 30.3 Å². The van der Waals surface area contributed by atoms with Crippen LogP contribution in [0.1, 0.15) is 6.42 Å². The first-order chi connectivity index (χ1) is 9.56. The lowest BCUT2D eigenvalue weighted by molar-refractivity contribution is 0.414. The van der Waals surface area contributed by atoms with Gasteiger partial charge in [-0.15, -0.1) is 0 Å². The highest BCUT2D eigenvalue weighted by Crippen LogP contribution is 2.18. The van der Waals surface area contributed by atoms with E-state index in [9.17, 15) is 13.6 Å². The summed E-state index contributed by atoms with van der Waals surface area (Å²) >= 11 is 5.80. The van der Waals surface area contributed by atoms with E-state index in [1.165, 1.54) is 10.7 Å². The summed E-state index contributed by atoms with van der Waals surface area (Å²) in [6.45, 7) is 0.109. The van der Waals surface area contributed by atoms with Crippen molar-refractivity contribution in [2.24, 2.45) is 0 Å². The summed E-state index contributed by atoms with van der Waals surface area (Å²) in [5.41, 5.74) is 1.07. The number of hydrogen-bond acceptors (Lipinski definition) is 2. The van der Waals surface area contributed by atoms with Crippen LogP contribution in [-0.4, -0.2) is 9.78 Å². The third kappa shape index (κ3) is 3.74. The second-order valence-electron chi connectivity index (χ2n) is 4.07. The first-order valence-corrected chi connectivity index (χ1v) is 6.29. The summed E-state index contributed by atoms with van der Waals surface area (Å²) in [6, 6.07) is 9.95. The lowest BCUT2D eigenvalue weighted by atomic mass is 10.1. The van der Waals surface area contributed by atoms with Gasteiger partial charge in [-0.05, 0) is 30.7 Å². The van der Waals surface area contributed by atoms with Gasteiger partial charge in [-0.2, -0.15) is 13.9 Å². The molecule has 0 amide bonds. The van der Waals surface area contributed by atoms with Crippen molar-refractivity contribution in [3.63, 3.8) is 0 Å². The van der Waals surface area contributed by atoms with Gasteiger partial charge < -0.3 is 0 Å². The number of allylic oxidation sites excluding steroid dienone is 1. The monoisotopic (exact) mass is 296 g/mol. The topological polar surface area (TPSA) is 34.9 Å². The Morgan fingerprint density at radius 1 is 1.20 bits per heavy atom. The summed E-state index contributed by atoms with van der Waals surface area (Å²) in [6.07, 6.45) is -0.936. The molecule has 0 aliphatic heterocycles. The zero-order valence-electron chi connectivity index (χ0n) is 10.4. The van der Waals surface area contributed by atoms with E-state index in [0.717, 1.165) is 11.6 Å². The van der Waals surface area contributed by atoms with Gasteiger partial charge in [-0.3, -0.25) is 4.79 Å². The average molecular weight is 297 g/mol. The molecule has 2 rings (SSSR count). The molecular formula is C14H11ClF2N2O. The van der Waals surface area contributed by atoms with Gasteiger partial charge in [-0.25, -0.2) is 4.68 Å². The van der Waals surface area contributed by atoms with Gasteiger partial charge >= 0.3 is 0 Å². The highest BCUT2D eigenvalue weighted by molar-refractivity contribution is 6.30. The second-order valence-corrected chi connectivity index (χ2v) is 4.51. The van der Waals surface area contributed by atoms with Gasteiger partial charge in [0.25, 0.3) is 11.6 Å². The number of halogens is 3. The minimum absolute atomic E-state index is 0.0549. The van der Waals surface area contributed by atoms with Crippen LogP contribution in [0.2, 0.25) is 5.02 Å². The SMILES string of the molecule is O=c1ccc(-c2ccc(Cl)cc2)nn1CCC=C(F)F. The third-order valence-corrected chi connectivity index (χ3v) is 2.90. The molecule has 0 aliphatic carbocycles. The molecule has 0 spiro atoms. The Kier molecular flexibility index (Phi) is 4.63. The molecule has 1 heterocycles. The first-order valence-electron chi connectivity index (χ1n) is 5.91. The van der Waals surface area contributed by atoms with Crippen molar-refractivity contribution in [2.45, 2.75) is 13.0 Å². The molecule has 0 unspecified atom stereocenters. The predicted octanol–water partition coefficient (Wildman–Crippen LogP) is 3.73. The van der Waals surface area contributed by atoms with Gasteiger partial charge in [0, 0.05) is 23.2 Å². The van der Waals surface area contributed by atoms with Crippen molar-refractivity contribution >= 4 is 11.6 Å². The van der Waals surface area contributed by atoms with Crippen LogP contribution in [0.3, 0.4) is 0 Å². The molecule has 20 heavy (non-hydrogen) atoms. The average Bonchev–Trinajstić information content (AvgIpc) is 2.41. The zero-order valence-corrected chi connectivity index (χ0v) is 11.1. The smallest absolute Gasteiger partial charge is 0.266 e. The fraction of sp³-hybridized carbons (Fsp3) is 0.143. The first kappa shape index (κ1) is 14.4. The van der Waals surface area contributed by atoms with Crippen LogP contribution in [0.15, 0.2) is 53.3 Å². The molecule has 1 aromatic carbocycles. The van der Waals surface area contributed by atoms with E-state index in [-0.39, 0.29) is 18.5 Å². The Labute approximate surface area is 119 Å². The molecule has 0 radical (unpaired) electrons. The van der Waals surface area contributed by atoms with Crippen molar-refractivity contribution in [3.8, 4) is 11.3 Å². The molecule has 0 atom stereocenters. The summed E-state index contributed by atoms with van der Waals surface area (Å²) in [7, 11) is 0. The third-order valence-electron chi connectivity index (χ3n) is 2.65. The van der Waals surface area contributed by atoms with E-state index in [0.29, 0.717) is 10.7 Å². The molecule has 0 fully saturated rings. The summed E-state index contributed by atoms with van der Waals surface area (Å²) < 4.78 is 25.1. The van der Waals surface area contributed by atoms with Crippen molar-refractivity contribution < 1.29 is 8.78 Å². The fourth-order valence-corrected chi connectivity index (χ4v) is 1.81. The maximum Gasteiger partial charge on any atom is 0.266 e. The quantitative estimate of drug-likeness (QED) is 0.861. The Hall–Kier alpha value is -2.01. The van der Waals surface area contributed by atoms with Crippen LogP contribution >= 0.6 is 11.6 Å². The van der Waals surface area contributed by atoms with E-state index >= 15 is 0 Å². The van der Waals surface area contributed by atoms with Crippen LogP contribution in [0.5, 0.6) is 0 Å². The van der Waals surface area contributed by atoms with Gasteiger partial charge in [0.05, 0.1) is 5.69 Å². The fourth-order valence-electron chi connectivity index (χ4n) is 1.68. The normalized spacial score (nSPS) is 10.3. The standard InChI is InChI=1S/C14H11ClF2N2O/c15-11-5-3-10(4-6-11)12-7-8-14(20)19(18-12)9-1-2-13(16)17/h2-8H,1,9H2. The maximum atomic E-state index is 12.0. The van der Waals surface area contributed by atoms with Gasteiger partial charge in [-0.1, -0.05) is 23.7 Å². The van der Waals surface area contributed by atoms with Gasteiger partial charge in [0.15, 0.2) is 0 Å². The highest BCUT2D eigenvalue weighted by Gasteiger charge is 2.03. The molecular weight excluding hydrogens is 286 g/mol. The van der Waals surface area contributed by atoms with Gasteiger partial charge in [0.1, 0.15) is 0 Å². The lowest BCUT2D eigenvalue weighted by Crippen LogP contribution is -2.22. The van der Waals surface area contributed by atoms with Crippen LogP contribution in [0.25, 0.3) is 11.3 Å². The molecule has 0 saturated carbocycles. The van der Waals surface area contributed by atoms with Crippen molar-refractivity contribution in [1.82, 2.24) is 9.78 Å². The van der Waals surface area contributed by atoms with E-state index < -0.39 is 6.08 Å². The minimum atomic E-state index is -1.76. The van der Waals surface area contributed by atoms with Gasteiger partial charge in [0.2, 0.25) is 0 Å². The Morgan fingerprint density at radius 2 is 1.90 bits per heavy atom. The highest BCUT2D eigenvalue weighted by atomic mass is 35.5. The minimum Gasteiger partial charge on any atom is -0.268 e. The summed E-state index contributed by atoms with van der Waals surface area (Å²) in [5.74, 6) is 0. The molecule has 0 bridgehead atoms. The lowest BCUT2D eigenvalue weighted by Gasteiger charge is -2.06. The van der Waals surface area contributed by atoms with Crippen LogP contribution in [0.4, 0.5) is 8.78 Å². The van der Waals surface area contributed by atoms with E-state index in [4.69, 9.17) is 11.6 Å². The molecule has 2 aromatic rings. The summed E-state index contributed by atoms with van der Waals surface area (Å²) in [5, 5.41) is 4.76. The van der Waals surface area contributed by atoms with E-state index in [1.807, 2.05) is 0 Å². The molecule has 6 heteroatoms. The largest absolute Gasteiger partial charge is 0.268 e. The number of aromatic nitrogens is 2. The van der Waals surface area contributed by atoms with Crippen LogP contribution in [-0.2, 0) is 6.54 Å². The van der Waals surface area contributed by atoms with Crippen LogP contribution < -0.4 is 5.56 Å². The predicted molar refractivity (Wildman–Crippen MR) is 73.9 cm³/mol. The second kappa shape index (κ2) is 6.43. The number of aryl methyl sites for hydroxylation is 1. The van der Waals surface area contributed by atoms with Crippen molar-refractivity contribution in [3.05, 3.63) is 63.9 Å². The molecule has 3 nitrogen and oxygen atoms in total. The Morgan fingerprint density at radius 3 is 2.55 bits per heavy atom. The number of nitrogens with zero attached hydrogens (tertiary/aromatic N) is 2. The molecule has 104 valence electrons.